The summed E-state index contributed by atoms with van der Waals surface area (Å²) >= 11 is 0. The quantitative estimate of drug-likeness (QED) is 0.530. The molecule has 4 heteroatoms. The first kappa shape index (κ1) is 7.48. The monoisotopic (exact) mass is 157 g/mol. The minimum absolute atomic E-state index is 0.287. The van der Waals surface area contributed by atoms with Crippen LogP contribution in [0, 0.1) is 5.16 Å². The van der Waals surface area contributed by atoms with Crippen molar-refractivity contribution in [3.63, 3.8) is 0 Å². The van der Waals surface area contributed by atoms with Crippen LogP contribution in [-0.2, 0) is 0 Å². The summed E-state index contributed by atoms with van der Waals surface area (Å²) in [7, 11) is -3.52. The van der Waals surface area contributed by atoms with Crippen LogP contribution >= 0.6 is 7.51 Å². The average Bonchev–Trinajstić information content (AvgIpc) is 1.88. The molecule has 54 valence electrons. The van der Waals surface area contributed by atoms with E-state index in [0.717, 1.165) is 0 Å². The van der Waals surface area contributed by atoms with Gasteiger partial charge in [0.1, 0.15) is 0 Å². The number of rotatable bonds is 1. The lowest BCUT2D eigenvalue weighted by Gasteiger charge is -2.05. The minimum atomic E-state index is -3.52. The van der Waals surface area contributed by atoms with Crippen molar-refractivity contribution < 1.29 is 9.79 Å². The maximum absolute atomic E-state index is 8.82. The van der Waals surface area contributed by atoms with E-state index < -0.39 is 7.51 Å². The second-order valence-electron chi connectivity index (χ2n) is 1.94. The normalized spacial score (nSPS) is 11.4. The summed E-state index contributed by atoms with van der Waals surface area (Å²) in [6.07, 6.45) is 0. The standard InChI is InChI=1S/C6H8NO2P/c7-10(8,9)6-4-2-1-3-5-6/h1-5H,(H3,7,8,9). The highest BCUT2D eigenvalue weighted by atomic mass is 31.2. The first-order valence-electron chi connectivity index (χ1n) is 2.76. The molecule has 0 aliphatic carbocycles. The lowest BCUT2D eigenvalue weighted by Crippen LogP contribution is -2.00. The van der Waals surface area contributed by atoms with Crippen LogP contribution in [0.1, 0.15) is 0 Å². The van der Waals surface area contributed by atoms with Crippen LogP contribution in [-0.4, -0.2) is 9.79 Å². The van der Waals surface area contributed by atoms with Crippen LogP contribution in [0.15, 0.2) is 30.3 Å². The summed E-state index contributed by atoms with van der Waals surface area (Å²) in [6, 6.07) is 8.16. The lowest BCUT2D eigenvalue weighted by atomic mass is 10.4. The van der Waals surface area contributed by atoms with E-state index in [1.54, 1.807) is 18.2 Å². The highest BCUT2D eigenvalue weighted by Crippen LogP contribution is 2.33. The lowest BCUT2D eigenvalue weighted by molar-refractivity contribution is 0.476. The van der Waals surface area contributed by atoms with E-state index in [2.05, 4.69) is 0 Å². The van der Waals surface area contributed by atoms with Gasteiger partial charge in [-0.05, 0) is 12.1 Å². The van der Waals surface area contributed by atoms with Crippen molar-refractivity contribution in [1.82, 2.24) is 0 Å². The maximum atomic E-state index is 8.82. The molecule has 0 saturated heterocycles. The molecule has 0 spiro atoms. The molecule has 10 heavy (non-hydrogen) atoms. The molecule has 0 aromatic heterocycles. The Morgan fingerprint density at radius 3 is 1.90 bits per heavy atom. The molecule has 0 amide bonds. The van der Waals surface area contributed by atoms with E-state index in [9.17, 15) is 0 Å². The van der Waals surface area contributed by atoms with E-state index in [0.29, 0.717) is 0 Å². The van der Waals surface area contributed by atoms with Gasteiger partial charge >= 0.3 is 0 Å². The van der Waals surface area contributed by atoms with E-state index in [1.165, 1.54) is 12.1 Å². The summed E-state index contributed by atoms with van der Waals surface area (Å²) < 4.78 is 0. The smallest absolute Gasteiger partial charge is 0.235 e. The zero-order chi connectivity index (χ0) is 7.61. The Morgan fingerprint density at radius 1 is 1.10 bits per heavy atom. The largest absolute Gasteiger partial charge is 0.337 e. The van der Waals surface area contributed by atoms with Gasteiger partial charge in [0.05, 0.1) is 0 Å². The molecular formula is C6H8NO2P. The summed E-state index contributed by atoms with van der Waals surface area (Å²) in [6.45, 7) is 0. The van der Waals surface area contributed by atoms with Crippen molar-refractivity contribution in [1.29, 1.82) is 5.16 Å². The van der Waals surface area contributed by atoms with E-state index in [-0.39, 0.29) is 5.30 Å². The second-order valence-corrected chi connectivity index (χ2v) is 3.66. The van der Waals surface area contributed by atoms with E-state index >= 15 is 0 Å². The summed E-state index contributed by atoms with van der Waals surface area (Å²) in [5.74, 6) is 0. The third kappa shape index (κ3) is 1.67. The van der Waals surface area contributed by atoms with Crippen LogP contribution in [0.5, 0.6) is 0 Å². The minimum Gasteiger partial charge on any atom is -0.337 e. The third-order valence-corrected chi connectivity index (χ3v) is 2.13. The van der Waals surface area contributed by atoms with Crippen LogP contribution in [0.2, 0.25) is 0 Å². The van der Waals surface area contributed by atoms with Crippen molar-refractivity contribution in [3.05, 3.63) is 30.3 Å². The van der Waals surface area contributed by atoms with Gasteiger partial charge in [-0.15, -0.1) is 0 Å². The van der Waals surface area contributed by atoms with Gasteiger partial charge in [-0.3, -0.25) is 5.16 Å². The first-order valence-corrected chi connectivity index (χ1v) is 4.45. The number of hydrogen-bond acceptors (Lipinski definition) is 1. The summed E-state index contributed by atoms with van der Waals surface area (Å²) in [4.78, 5) is 17.6. The Morgan fingerprint density at radius 2 is 1.60 bits per heavy atom. The maximum Gasteiger partial charge on any atom is 0.235 e. The van der Waals surface area contributed by atoms with Crippen molar-refractivity contribution in [2.45, 2.75) is 0 Å². The molecule has 0 radical (unpaired) electrons. The van der Waals surface area contributed by atoms with Crippen molar-refractivity contribution in [2.24, 2.45) is 0 Å². The van der Waals surface area contributed by atoms with Gasteiger partial charge in [-0.1, -0.05) is 18.2 Å². The van der Waals surface area contributed by atoms with Crippen molar-refractivity contribution in [2.75, 3.05) is 0 Å². The molecular weight excluding hydrogens is 149 g/mol. The Balaban J connectivity index is 3.09. The predicted molar refractivity (Wildman–Crippen MR) is 40.2 cm³/mol. The van der Waals surface area contributed by atoms with Gasteiger partial charge in [0.2, 0.25) is 7.51 Å². The number of benzene rings is 1. The molecule has 0 aliphatic rings. The summed E-state index contributed by atoms with van der Waals surface area (Å²) in [5, 5.41) is 7.18. The SMILES string of the molecule is N=P(O)(O)c1ccccc1. The van der Waals surface area contributed by atoms with Gasteiger partial charge in [0.25, 0.3) is 0 Å². The topological polar surface area (TPSA) is 64.3 Å². The molecule has 0 bridgehead atoms. The molecule has 0 atom stereocenters. The van der Waals surface area contributed by atoms with Crippen molar-refractivity contribution >= 4 is 12.8 Å². The number of nitrogens with one attached hydrogen (secondary N) is 1. The third-order valence-electron chi connectivity index (χ3n) is 1.12. The van der Waals surface area contributed by atoms with Gasteiger partial charge in [0, 0.05) is 5.30 Å². The van der Waals surface area contributed by atoms with Crippen LogP contribution < -0.4 is 5.30 Å². The molecule has 1 rings (SSSR count). The van der Waals surface area contributed by atoms with Gasteiger partial charge in [-0.25, -0.2) is 0 Å². The fourth-order valence-corrected chi connectivity index (χ4v) is 1.22. The van der Waals surface area contributed by atoms with Gasteiger partial charge in [0.15, 0.2) is 0 Å². The van der Waals surface area contributed by atoms with Crippen LogP contribution in [0.4, 0.5) is 0 Å². The number of hydrogen-bond donors (Lipinski definition) is 3. The molecule has 3 N–H and O–H groups in total. The predicted octanol–water partition coefficient (Wildman–Crippen LogP) is 0.906. The Hall–Kier alpha value is -0.630. The van der Waals surface area contributed by atoms with Gasteiger partial charge < -0.3 is 9.79 Å². The molecule has 1 aromatic carbocycles. The Bertz CT molecular complexity index is 254. The van der Waals surface area contributed by atoms with E-state index in [1.807, 2.05) is 0 Å². The second kappa shape index (κ2) is 2.54. The van der Waals surface area contributed by atoms with Gasteiger partial charge in [-0.2, -0.15) is 0 Å². The average molecular weight is 157 g/mol. The fraction of sp³-hybridized carbons (Fsp3) is 0. The van der Waals surface area contributed by atoms with E-state index in [4.69, 9.17) is 14.9 Å². The zero-order valence-corrected chi connectivity index (χ0v) is 6.12. The zero-order valence-electron chi connectivity index (χ0n) is 5.23. The van der Waals surface area contributed by atoms with Crippen molar-refractivity contribution in [3.8, 4) is 0 Å². The Labute approximate surface area is 59.0 Å². The molecule has 1 aromatic rings. The van der Waals surface area contributed by atoms with Crippen LogP contribution in [0.25, 0.3) is 0 Å². The Kier molecular flexibility index (Phi) is 1.90. The highest BCUT2D eigenvalue weighted by molar-refractivity contribution is 7.61. The first-order chi connectivity index (χ1) is 4.61. The molecule has 0 saturated carbocycles. The molecule has 0 heterocycles. The highest BCUT2D eigenvalue weighted by Gasteiger charge is 2.08. The van der Waals surface area contributed by atoms with Crippen LogP contribution in [0.3, 0.4) is 0 Å². The molecule has 0 unspecified atom stereocenters. The fourth-order valence-electron chi connectivity index (χ4n) is 0.636. The molecule has 0 fully saturated rings. The molecule has 0 aliphatic heterocycles. The molecule has 3 nitrogen and oxygen atoms in total. The summed E-state index contributed by atoms with van der Waals surface area (Å²) in [5.41, 5.74) is 0.